The van der Waals surface area contributed by atoms with E-state index in [0.717, 1.165) is 25.8 Å². The van der Waals surface area contributed by atoms with Gasteiger partial charge in [0.05, 0.1) is 6.73 Å². The highest BCUT2D eigenvalue weighted by Gasteiger charge is 2.19. The van der Waals surface area contributed by atoms with E-state index in [1.807, 2.05) is 0 Å². The molecule has 0 aromatic heterocycles. The molecule has 0 aliphatic heterocycles. The van der Waals surface area contributed by atoms with Crippen molar-refractivity contribution < 1.29 is 4.74 Å². The molecular weight excluding hydrogens is 212 g/mol. The zero-order valence-corrected chi connectivity index (χ0v) is 11.5. The molecule has 1 rings (SSSR count). The monoisotopic (exact) mass is 242 g/mol. The largest absolute Gasteiger partial charge is 0.366 e. The number of hydrogen-bond acceptors (Lipinski definition) is 3. The summed E-state index contributed by atoms with van der Waals surface area (Å²) in [6.45, 7) is 7.35. The van der Waals surface area contributed by atoms with Gasteiger partial charge in [0, 0.05) is 6.61 Å². The highest BCUT2D eigenvalue weighted by atomic mass is 16.5. The summed E-state index contributed by atoms with van der Waals surface area (Å²) >= 11 is 0. The Bertz CT molecular complexity index is 160. The fourth-order valence-corrected chi connectivity index (χ4v) is 1.80. The molecule has 3 nitrogen and oxygen atoms in total. The van der Waals surface area contributed by atoms with Crippen LogP contribution in [0, 0.1) is 5.92 Å². The van der Waals surface area contributed by atoms with Gasteiger partial charge >= 0.3 is 0 Å². The highest BCUT2D eigenvalue weighted by Crippen LogP contribution is 2.27. The first kappa shape index (κ1) is 14.9. The second-order valence-electron chi connectivity index (χ2n) is 5.11. The lowest BCUT2D eigenvalue weighted by atomic mass is 10.3. The number of hydrogen-bond donors (Lipinski definition) is 2. The summed E-state index contributed by atoms with van der Waals surface area (Å²) in [4.78, 5) is 0. The van der Waals surface area contributed by atoms with Gasteiger partial charge in [0.2, 0.25) is 0 Å². The molecule has 0 saturated heterocycles. The molecule has 3 heteroatoms. The van der Waals surface area contributed by atoms with E-state index < -0.39 is 0 Å². The predicted molar refractivity (Wildman–Crippen MR) is 73.2 cm³/mol. The second kappa shape index (κ2) is 11.0. The van der Waals surface area contributed by atoms with Crippen LogP contribution in [0.4, 0.5) is 0 Å². The minimum absolute atomic E-state index is 0.721. The molecule has 102 valence electrons. The maximum absolute atomic E-state index is 5.48. The van der Waals surface area contributed by atoms with E-state index in [2.05, 4.69) is 17.6 Å². The molecule has 1 aliphatic rings. The first-order chi connectivity index (χ1) is 8.43. The van der Waals surface area contributed by atoms with Crippen LogP contribution in [0.5, 0.6) is 0 Å². The Morgan fingerprint density at radius 1 is 1.00 bits per heavy atom. The summed E-state index contributed by atoms with van der Waals surface area (Å²) in [6.07, 6.45) is 9.17. The van der Waals surface area contributed by atoms with Crippen LogP contribution >= 0.6 is 0 Å². The molecule has 1 saturated carbocycles. The van der Waals surface area contributed by atoms with Crippen molar-refractivity contribution in [1.82, 2.24) is 10.6 Å². The van der Waals surface area contributed by atoms with Gasteiger partial charge in [-0.2, -0.15) is 0 Å². The number of rotatable bonds is 13. The van der Waals surface area contributed by atoms with E-state index in [4.69, 9.17) is 4.74 Å². The first-order valence-electron chi connectivity index (χ1n) is 7.42. The molecule has 0 unspecified atom stereocenters. The average molecular weight is 242 g/mol. The molecule has 0 spiro atoms. The quantitative estimate of drug-likeness (QED) is 0.384. The Kier molecular flexibility index (Phi) is 9.66. The van der Waals surface area contributed by atoms with E-state index in [-0.39, 0.29) is 0 Å². The van der Waals surface area contributed by atoms with Crippen molar-refractivity contribution in [3.8, 4) is 0 Å². The van der Waals surface area contributed by atoms with Gasteiger partial charge in [-0.15, -0.1) is 0 Å². The van der Waals surface area contributed by atoms with E-state index in [1.54, 1.807) is 0 Å². The molecule has 0 amide bonds. The fraction of sp³-hybridized carbons (Fsp3) is 1.00. The molecule has 17 heavy (non-hydrogen) atoms. The molecule has 0 radical (unpaired) electrons. The molecule has 0 heterocycles. The van der Waals surface area contributed by atoms with Crippen molar-refractivity contribution in [3.05, 3.63) is 0 Å². The maximum Gasteiger partial charge on any atom is 0.0965 e. The summed E-state index contributed by atoms with van der Waals surface area (Å²) in [5, 5.41) is 6.84. The number of nitrogens with one attached hydrogen (secondary N) is 2. The Hall–Kier alpha value is -0.120. The Balaban J connectivity index is 1.61. The molecule has 0 aromatic rings. The van der Waals surface area contributed by atoms with E-state index in [0.29, 0.717) is 0 Å². The average Bonchev–Trinajstić information content (AvgIpc) is 3.15. The van der Waals surface area contributed by atoms with Crippen molar-refractivity contribution in [2.45, 2.75) is 51.9 Å². The molecular formula is C14H30N2O. The smallest absolute Gasteiger partial charge is 0.0965 e. The topological polar surface area (TPSA) is 33.3 Å². The van der Waals surface area contributed by atoms with Gasteiger partial charge in [-0.1, -0.05) is 19.8 Å². The van der Waals surface area contributed by atoms with Gasteiger partial charge in [-0.25, -0.2) is 0 Å². The van der Waals surface area contributed by atoms with Gasteiger partial charge in [0.15, 0.2) is 0 Å². The van der Waals surface area contributed by atoms with Gasteiger partial charge < -0.3 is 10.1 Å². The lowest BCUT2D eigenvalue weighted by molar-refractivity contribution is 0.113. The molecule has 2 N–H and O–H groups in total. The Morgan fingerprint density at radius 2 is 1.76 bits per heavy atom. The van der Waals surface area contributed by atoms with Crippen LogP contribution in [0.25, 0.3) is 0 Å². The van der Waals surface area contributed by atoms with Crippen molar-refractivity contribution in [3.63, 3.8) is 0 Å². The van der Waals surface area contributed by atoms with Gasteiger partial charge in [-0.3, -0.25) is 5.32 Å². The van der Waals surface area contributed by atoms with Gasteiger partial charge in [0.25, 0.3) is 0 Å². The van der Waals surface area contributed by atoms with Crippen LogP contribution in [0.2, 0.25) is 0 Å². The zero-order chi connectivity index (χ0) is 12.2. The SMILES string of the molecule is CCCCCOCNCCCCNCC1CC1. The summed E-state index contributed by atoms with van der Waals surface area (Å²) in [6, 6.07) is 0. The second-order valence-corrected chi connectivity index (χ2v) is 5.11. The normalized spacial score (nSPS) is 15.4. The maximum atomic E-state index is 5.48. The highest BCUT2D eigenvalue weighted by molar-refractivity contribution is 4.74. The van der Waals surface area contributed by atoms with Crippen LogP contribution in [0.15, 0.2) is 0 Å². The molecule has 1 fully saturated rings. The van der Waals surface area contributed by atoms with Gasteiger partial charge in [0.1, 0.15) is 0 Å². The summed E-state index contributed by atoms with van der Waals surface area (Å²) in [5.74, 6) is 1.00. The minimum Gasteiger partial charge on any atom is -0.366 e. The number of unbranched alkanes of at least 4 members (excludes halogenated alkanes) is 3. The minimum atomic E-state index is 0.721. The van der Waals surface area contributed by atoms with Crippen molar-refractivity contribution in [2.75, 3.05) is 33.0 Å². The van der Waals surface area contributed by atoms with E-state index in [1.165, 1.54) is 58.0 Å². The van der Waals surface area contributed by atoms with Crippen LogP contribution in [-0.2, 0) is 4.74 Å². The lowest BCUT2D eigenvalue weighted by Crippen LogP contribution is -2.22. The molecule has 1 aliphatic carbocycles. The van der Waals surface area contributed by atoms with Crippen LogP contribution < -0.4 is 10.6 Å². The third-order valence-electron chi connectivity index (χ3n) is 3.18. The third-order valence-corrected chi connectivity index (χ3v) is 3.18. The van der Waals surface area contributed by atoms with E-state index >= 15 is 0 Å². The number of ether oxygens (including phenoxy) is 1. The first-order valence-corrected chi connectivity index (χ1v) is 7.42. The van der Waals surface area contributed by atoms with Crippen molar-refractivity contribution in [2.24, 2.45) is 5.92 Å². The van der Waals surface area contributed by atoms with Gasteiger partial charge in [-0.05, 0) is 57.7 Å². The standard InChI is InChI=1S/C14H30N2O/c1-2-3-6-11-17-13-16-10-5-4-9-15-12-14-7-8-14/h14-16H,2-13H2,1H3. The van der Waals surface area contributed by atoms with E-state index in [9.17, 15) is 0 Å². The fourth-order valence-electron chi connectivity index (χ4n) is 1.80. The zero-order valence-electron chi connectivity index (χ0n) is 11.5. The van der Waals surface area contributed by atoms with Crippen LogP contribution in [0.3, 0.4) is 0 Å². The Labute approximate surface area is 107 Å². The van der Waals surface area contributed by atoms with Crippen LogP contribution in [0.1, 0.15) is 51.9 Å². The lowest BCUT2D eigenvalue weighted by Gasteiger charge is -2.06. The molecule has 0 bridgehead atoms. The predicted octanol–water partition coefficient (Wildman–Crippen LogP) is 2.52. The summed E-state index contributed by atoms with van der Waals surface area (Å²) in [5.41, 5.74) is 0. The summed E-state index contributed by atoms with van der Waals surface area (Å²) in [7, 11) is 0. The molecule has 0 atom stereocenters. The van der Waals surface area contributed by atoms with Crippen molar-refractivity contribution >= 4 is 0 Å². The third kappa shape index (κ3) is 10.7. The Morgan fingerprint density at radius 3 is 2.47 bits per heavy atom. The van der Waals surface area contributed by atoms with Crippen LogP contribution in [-0.4, -0.2) is 33.0 Å². The van der Waals surface area contributed by atoms with Crippen molar-refractivity contribution in [1.29, 1.82) is 0 Å². The summed E-state index contributed by atoms with van der Waals surface area (Å²) < 4.78 is 5.48. The molecule has 0 aromatic carbocycles.